The fraction of sp³-hybridized carbons (Fsp3) is 0.370. The molecule has 1 saturated carbocycles. The van der Waals surface area contributed by atoms with Crippen molar-refractivity contribution in [2.24, 2.45) is 5.41 Å². The quantitative estimate of drug-likeness (QED) is 0.233. The van der Waals surface area contributed by atoms with Gasteiger partial charge < -0.3 is 16.1 Å². The van der Waals surface area contributed by atoms with Gasteiger partial charge in [-0.2, -0.15) is 5.26 Å². The molecule has 3 aromatic rings. The lowest BCUT2D eigenvalue weighted by molar-refractivity contribution is 0.260. The second-order valence-corrected chi connectivity index (χ2v) is 11.8. The van der Waals surface area contributed by atoms with Crippen molar-refractivity contribution in [1.82, 2.24) is 25.9 Å². The van der Waals surface area contributed by atoms with Crippen LogP contribution in [0.15, 0.2) is 42.4 Å². The van der Waals surface area contributed by atoms with Crippen molar-refractivity contribution in [2.45, 2.75) is 52.0 Å². The molecule has 38 heavy (non-hydrogen) atoms. The van der Waals surface area contributed by atoms with E-state index in [1.807, 2.05) is 30.3 Å². The first-order chi connectivity index (χ1) is 18.0. The largest absolute Gasteiger partial charge is 0.383 e. The molecule has 1 aromatic carbocycles. The topological polar surface area (TPSA) is 101 Å². The van der Waals surface area contributed by atoms with Crippen LogP contribution in [-0.2, 0) is 5.44 Å². The van der Waals surface area contributed by atoms with E-state index < -0.39 is 5.44 Å². The second-order valence-electron chi connectivity index (χ2n) is 11.0. The fourth-order valence-corrected chi connectivity index (χ4v) is 4.95. The smallest absolute Gasteiger partial charge is 0.129 e. The van der Waals surface area contributed by atoms with E-state index in [-0.39, 0.29) is 5.41 Å². The normalized spacial score (nSPS) is 17.0. The van der Waals surface area contributed by atoms with Crippen LogP contribution >= 0.6 is 23.2 Å². The number of aryl methyl sites for hydroxylation is 1. The van der Waals surface area contributed by atoms with E-state index in [1.165, 1.54) is 0 Å². The molecular weight excluding hydrogens is 518 g/mol. The van der Waals surface area contributed by atoms with Crippen LogP contribution in [0.2, 0.25) is 10.2 Å². The molecule has 194 valence electrons. The van der Waals surface area contributed by atoms with Gasteiger partial charge in [0.25, 0.3) is 0 Å². The number of aromatic nitrogens is 2. The monoisotopic (exact) mass is 546 g/mol. The van der Waals surface area contributed by atoms with Gasteiger partial charge in [0.05, 0.1) is 32.9 Å². The van der Waals surface area contributed by atoms with Crippen LogP contribution in [0.5, 0.6) is 0 Å². The van der Waals surface area contributed by atoms with E-state index >= 15 is 0 Å². The van der Waals surface area contributed by atoms with E-state index in [2.05, 4.69) is 58.4 Å². The standard InChI is InChI=1S/C27H29BCl2N8/c1-15-20(7-8-23(30)34-15)27(28,22-13-38(37-36-22)18-5-6-18)35-17-9-19-24(33-14-26(2,3)4)16(11-31)12-32-25(19)21(29)10-17/h7-10,12-13,18,35-37H,5-6,14H2,1-4H3,(H,32,33). The molecule has 2 aromatic heterocycles. The van der Waals surface area contributed by atoms with Crippen molar-refractivity contribution in [1.29, 1.82) is 5.26 Å². The summed E-state index contributed by atoms with van der Waals surface area (Å²) in [5.74, 6) is 0. The molecule has 1 atom stereocenters. The molecule has 2 radical (unpaired) electrons. The van der Waals surface area contributed by atoms with Crippen LogP contribution in [0.25, 0.3) is 10.9 Å². The molecule has 0 spiro atoms. The predicted molar refractivity (Wildman–Crippen MR) is 154 cm³/mol. The number of halogens is 2. The third-order valence-electron chi connectivity index (χ3n) is 6.61. The molecule has 5 rings (SSSR count). The molecule has 1 fully saturated rings. The molecular formula is C27H29BCl2N8. The van der Waals surface area contributed by atoms with Crippen LogP contribution < -0.4 is 21.6 Å². The molecule has 8 nitrogen and oxygen atoms in total. The van der Waals surface area contributed by atoms with Gasteiger partial charge in [-0.05, 0) is 48.9 Å². The van der Waals surface area contributed by atoms with E-state index in [9.17, 15) is 5.26 Å². The zero-order valence-electron chi connectivity index (χ0n) is 21.8. The predicted octanol–water partition coefficient (Wildman–Crippen LogP) is 5.34. The van der Waals surface area contributed by atoms with Gasteiger partial charge in [0, 0.05) is 41.8 Å². The van der Waals surface area contributed by atoms with Gasteiger partial charge in [-0.1, -0.05) is 50.0 Å². The average molecular weight is 547 g/mol. The number of benzene rings is 1. The number of fused-ring (bicyclic) bond motifs is 1. The summed E-state index contributed by atoms with van der Waals surface area (Å²) < 4.78 is 0. The number of nitrogens with one attached hydrogen (secondary N) is 4. The Bertz CT molecular complexity index is 1470. The van der Waals surface area contributed by atoms with Gasteiger partial charge in [-0.15, -0.1) is 5.53 Å². The molecule has 1 aliphatic heterocycles. The number of nitrogens with zero attached hydrogens (tertiary/aromatic N) is 4. The van der Waals surface area contributed by atoms with Gasteiger partial charge in [0.15, 0.2) is 0 Å². The number of hydrazine groups is 2. The zero-order chi connectivity index (χ0) is 27.2. The van der Waals surface area contributed by atoms with Crippen molar-refractivity contribution >= 4 is 53.3 Å². The molecule has 2 aliphatic rings. The molecule has 11 heteroatoms. The van der Waals surface area contributed by atoms with Gasteiger partial charge in [0.2, 0.25) is 0 Å². The first-order valence-electron chi connectivity index (χ1n) is 12.5. The summed E-state index contributed by atoms with van der Waals surface area (Å²) in [6.07, 6.45) is 5.76. The van der Waals surface area contributed by atoms with Crippen LogP contribution in [0, 0.1) is 23.7 Å². The van der Waals surface area contributed by atoms with Crippen molar-refractivity contribution < 1.29 is 0 Å². The summed E-state index contributed by atoms with van der Waals surface area (Å²) in [5.41, 5.74) is 9.73. The first kappa shape index (κ1) is 26.4. The van der Waals surface area contributed by atoms with E-state index in [1.54, 1.807) is 18.3 Å². The number of anilines is 2. The van der Waals surface area contributed by atoms with Gasteiger partial charge in [-0.3, -0.25) is 9.99 Å². The molecule has 1 unspecified atom stereocenters. The van der Waals surface area contributed by atoms with E-state index in [4.69, 9.17) is 31.0 Å². The first-order valence-corrected chi connectivity index (χ1v) is 13.2. The zero-order valence-corrected chi connectivity index (χ0v) is 23.3. The highest BCUT2D eigenvalue weighted by Crippen LogP contribution is 2.39. The van der Waals surface area contributed by atoms with Crippen LogP contribution in [0.3, 0.4) is 0 Å². The summed E-state index contributed by atoms with van der Waals surface area (Å²) >= 11 is 12.9. The average Bonchev–Trinajstić information content (AvgIpc) is 3.57. The summed E-state index contributed by atoms with van der Waals surface area (Å²) in [6, 6.07) is 9.98. The van der Waals surface area contributed by atoms with Crippen molar-refractivity contribution in [3.8, 4) is 6.07 Å². The molecule has 1 aliphatic carbocycles. The summed E-state index contributed by atoms with van der Waals surface area (Å²) in [4.78, 5) is 8.92. The SMILES string of the molecule is [B]C(Nc1cc(Cl)c2ncc(C#N)c(NCC(C)(C)C)c2c1)(C1=CN(C2CC2)NN1)c1ccc(Cl)nc1C. The molecule has 4 N–H and O–H groups in total. The van der Waals surface area contributed by atoms with E-state index in [0.717, 1.165) is 23.8 Å². The Labute approximate surface area is 234 Å². The Morgan fingerprint density at radius 2 is 2.00 bits per heavy atom. The maximum absolute atomic E-state index is 9.81. The van der Waals surface area contributed by atoms with Gasteiger partial charge in [0.1, 0.15) is 19.1 Å². The van der Waals surface area contributed by atoms with Gasteiger partial charge in [-0.25, -0.2) is 4.98 Å². The third-order valence-corrected chi connectivity index (χ3v) is 7.11. The van der Waals surface area contributed by atoms with Crippen molar-refractivity contribution in [3.05, 3.63) is 69.4 Å². The lowest BCUT2D eigenvalue weighted by atomic mass is 9.69. The minimum atomic E-state index is -1.21. The van der Waals surface area contributed by atoms with Gasteiger partial charge >= 0.3 is 0 Å². The third kappa shape index (κ3) is 5.21. The van der Waals surface area contributed by atoms with Crippen LogP contribution in [-0.4, -0.2) is 35.4 Å². The molecule has 0 amide bonds. The Balaban J connectivity index is 1.62. The number of hydrogen-bond donors (Lipinski definition) is 4. The second kappa shape index (κ2) is 9.85. The highest BCUT2D eigenvalue weighted by Gasteiger charge is 2.39. The summed E-state index contributed by atoms with van der Waals surface area (Å²) in [7, 11) is 7.18. The lowest BCUT2D eigenvalue weighted by Gasteiger charge is -2.35. The van der Waals surface area contributed by atoms with Crippen LogP contribution in [0.1, 0.15) is 50.4 Å². The number of nitriles is 1. The molecule has 3 heterocycles. The number of rotatable bonds is 7. The highest BCUT2D eigenvalue weighted by molar-refractivity contribution is 6.36. The fourth-order valence-electron chi connectivity index (χ4n) is 4.49. The maximum atomic E-state index is 9.81. The Morgan fingerprint density at radius 1 is 1.24 bits per heavy atom. The van der Waals surface area contributed by atoms with E-state index in [0.29, 0.717) is 56.6 Å². The number of pyridine rings is 2. The molecule has 0 saturated heterocycles. The Morgan fingerprint density at radius 3 is 2.66 bits per heavy atom. The summed E-state index contributed by atoms with van der Waals surface area (Å²) in [5, 5.41) is 20.3. The Hall–Kier alpha value is -3.19. The van der Waals surface area contributed by atoms with Crippen molar-refractivity contribution in [3.63, 3.8) is 0 Å². The minimum absolute atomic E-state index is 0.00541. The minimum Gasteiger partial charge on any atom is -0.383 e. The highest BCUT2D eigenvalue weighted by atomic mass is 35.5. The van der Waals surface area contributed by atoms with Crippen LogP contribution in [0.4, 0.5) is 11.4 Å². The summed E-state index contributed by atoms with van der Waals surface area (Å²) in [6.45, 7) is 8.91. The maximum Gasteiger partial charge on any atom is 0.129 e. The lowest BCUT2D eigenvalue weighted by Crippen LogP contribution is -2.46. The number of hydrogen-bond acceptors (Lipinski definition) is 8. The Kier molecular flexibility index (Phi) is 6.85. The van der Waals surface area contributed by atoms with Crippen molar-refractivity contribution in [2.75, 3.05) is 17.2 Å². The molecule has 0 bridgehead atoms.